The van der Waals surface area contributed by atoms with Gasteiger partial charge in [0.05, 0.1) is 31.5 Å². The lowest BCUT2D eigenvalue weighted by molar-refractivity contribution is 0.0382. The molecule has 2 aromatic heterocycles. The van der Waals surface area contributed by atoms with Crippen molar-refractivity contribution in [2.75, 3.05) is 57.1 Å². The summed E-state index contributed by atoms with van der Waals surface area (Å²) >= 11 is 6.06. The van der Waals surface area contributed by atoms with Crippen LogP contribution in [0.25, 0.3) is 11.0 Å². The molecule has 1 aliphatic rings. The minimum Gasteiger partial charge on any atom is -0.495 e. The van der Waals surface area contributed by atoms with Gasteiger partial charge < -0.3 is 29.8 Å². The first-order valence-corrected chi connectivity index (χ1v) is 12.4. The molecule has 12 heteroatoms. The van der Waals surface area contributed by atoms with Gasteiger partial charge in [-0.1, -0.05) is 11.6 Å². The number of fused-ring (bicyclic) bond motifs is 1. The summed E-state index contributed by atoms with van der Waals surface area (Å²) < 4.78 is 30.7. The smallest absolute Gasteiger partial charge is 0.287 e. The highest BCUT2D eigenvalue weighted by molar-refractivity contribution is 6.32. The van der Waals surface area contributed by atoms with Gasteiger partial charge in [-0.25, -0.2) is 9.37 Å². The Morgan fingerprint density at radius 3 is 2.74 bits per heavy atom. The zero-order valence-corrected chi connectivity index (χ0v) is 21.3. The quantitative estimate of drug-likeness (QED) is 0.281. The molecular weight excluding hydrogens is 515 g/mol. The fourth-order valence-corrected chi connectivity index (χ4v) is 4.19. The van der Waals surface area contributed by atoms with Crippen LogP contribution in [0.15, 0.2) is 53.1 Å². The van der Waals surface area contributed by atoms with E-state index in [0.29, 0.717) is 47.5 Å². The number of nitrogens with one attached hydrogen (secondary N) is 3. The number of hydrogen-bond acceptors (Lipinski definition) is 9. The van der Waals surface area contributed by atoms with Gasteiger partial charge in [0.25, 0.3) is 5.91 Å². The molecular formula is C26H26ClFN6O4. The molecule has 0 aliphatic carbocycles. The van der Waals surface area contributed by atoms with Crippen LogP contribution in [0.5, 0.6) is 5.75 Å². The topological polar surface area (TPSA) is 114 Å². The summed E-state index contributed by atoms with van der Waals surface area (Å²) in [5.41, 5.74) is 1.75. The molecule has 0 spiro atoms. The summed E-state index contributed by atoms with van der Waals surface area (Å²) in [6, 6.07) is 11.9. The number of benzene rings is 2. The van der Waals surface area contributed by atoms with E-state index >= 15 is 0 Å². The molecule has 3 heterocycles. The van der Waals surface area contributed by atoms with Crippen LogP contribution in [0.1, 0.15) is 10.6 Å². The lowest BCUT2D eigenvalue weighted by atomic mass is 10.2. The van der Waals surface area contributed by atoms with Crippen molar-refractivity contribution in [2.45, 2.75) is 0 Å². The van der Waals surface area contributed by atoms with Gasteiger partial charge in [0.1, 0.15) is 11.3 Å². The van der Waals surface area contributed by atoms with Crippen molar-refractivity contribution in [1.82, 2.24) is 20.2 Å². The van der Waals surface area contributed by atoms with Crippen LogP contribution >= 0.6 is 11.6 Å². The van der Waals surface area contributed by atoms with E-state index in [9.17, 15) is 9.18 Å². The molecule has 1 fully saturated rings. The molecule has 0 saturated carbocycles. The van der Waals surface area contributed by atoms with Crippen molar-refractivity contribution in [1.29, 1.82) is 0 Å². The Morgan fingerprint density at radius 1 is 1.13 bits per heavy atom. The first-order chi connectivity index (χ1) is 18.5. The third kappa shape index (κ3) is 6.13. The predicted molar refractivity (Wildman–Crippen MR) is 142 cm³/mol. The highest BCUT2D eigenvalue weighted by Gasteiger charge is 2.15. The van der Waals surface area contributed by atoms with Crippen molar-refractivity contribution < 1.29 is 23.1 Å². The molecule has 0 atom stereocenters. The van der Waals surface area contributed by atoms with E-state index < -0.39 is 5.82 Å². The number of morpholine rings is 1. The monoisotopic (exact) mass is 540 g/mol. The summed E-state index contributed by atoms with van der Waals surface area (Å²) in [5.74, 6) is -0.0736. The van der Waals surface area contributed by atoms with Gasteiger partial charge in [-0.05, 0) is 36.4 Å². The molecule has 1 aliphatic heterocycles. The third-order valence-corrected chi connectivity index (χ3v) is 6.28. The Kier molecular flexibility index (Phi) is 7.87. The summed E-state index contributed by atoms with van der Waals surface area (Å²) in [4.78, 5) is 23.1. The Bertz CT molecular complexity index is 1440. The van der Waals surface area contributed by atoms with Crippen LogP contribution in [-0.2, 0) is 4.74 Å². The molecule has 38 heavy (non-hydrogen) atoms. The highest BCUT2D eigenvalue weighted by atomic mass is 35.5. The Morgan fingerprint density at radius 2 is 1.92 bits per heavy atom. The molecule has 198 valence electrons. The number of carbonyl (C=O) groups is 1. The maximum atomic E-state index is 14.4. The number of methoxy groups -OCH3 is 1. The molecule has 4 aromatic rings. The Hall–Kier alpha value is -3.93. The maximum absolute atomic E-state index is 14.4. The zero-order chi connectivity index (χ0) is 26.5. The first-order valence-electron chi connectivity index (χ1n) is 12.0. The number of nitrogens with zero attached hydrogens (tertiary/aromatic N) is 3. The largest absolute Gasteiger partial charge is 0.495 e. The van der Waals surface area contributed by atoms with Crippen LogP contribution < -0.4 is 20.7 Å². The fourth-order valence-electron chi connectivity index (χ4n) is 3.99. The molecule has 10 nitrogen and oxygen atoms in total. The van der Waals surface area contributed by atoms with Crippen LogP contribution in [0.2, 0.25) is 5.02 Å². The van der Waals surface area contributed by atoms with Crippen molar-refractivity contribution in [3.63, 3.8) is 0 Å². The molecule has 3 N–H and O–H groups in total. The number of carbonyl (C=O) groups excluding carboxylic acids is 1. The van der Waals surface area contributed by atoms with Gasteiger partial charge in [0.15, 0.2) is 17.4 Å². The number of hydrogen-bond donors (Lipinski definition) is 3. The maximum Gasteiger partial charge on any atom is 0.287 e. The van der Waals surface area contributed by atoms with Crippen LogP contribution in [0.3, 0.4) is 0 Å². The van der Waals surface area contributed by atoms with Gasteiger partial charge in [-0.2, -0.15) is 4.98 Å². The lowest BCUT2D eigenvalue weighted by Gasteiger charge is -2.26. The first kappa shape index (κ1) is 25.7. The Labute approximate surface area is 223 Å². The van der Waals surface area contributed by atoms with Crippen molar-refractivity contribution in [3.8, 4) is 5.75 Å². The van der Waals surface area contributed by atoms with Crippen molar-refractivity contribution in [3.05, 3.63) is 65.3 Å². The summed E-state index contributed by atoms with van der Waals surface area (Å²) in [6.07, 6.45) is 1.07. The van der Waals surface area contributed by atoms with Gasteiger partial charge in [0, 0.05) is 49.0 Å². The van der Waals surface area contributed by atoms with E-state index in [1.54, 1.807) is 42.5 Å². The average molecular weight is 541 g/mol. The minimum absolute atomic E-state index is 0.0210. The summed E-state index contributed by atoms with van der Waals surface area (Å²) in [5, 5.41) is 10.0. The molecule has 0 radical (unpaired) electrons. The van der Waals surface area contributed by atoms with E-state index in [0.717, 1.165) is 31.2 Å². The van der Waals surface area contributed by atoms with Gasteiger partial charge in [-0.3, -0.25) is 9.69 Å². The normalized spacial score (nSPS) is 13.9. The van der Waals surface area contributed by atoms with Crippen molar-refractivity contribution in [2.24, 2.45) is 0 Å². The number of aromatic nitrogens is 2. The van der Waals surface area contributed by atoms with E-state index in [2.05, 4.69) is 30.8 Å². The van der Waals surface area contributed by atoms with E-state index in [4.69, 9.17) is 25.5 Å². The standard InChI is InChI=1S/C26H26ClFN6O4/c1-36-22-14-18(2-4-19(22)27)31-24-20(28)15-30-26(33-24)32-17-3-5-21-16(12-17)13-23(38-21)25(35)29-6-7-34-8-10-37-11-9-34/h2-5,12-15H,6-11H2,1H3,(H,29,35)(H2,30,31,32,33). The summed E-state index contributed by atoms with van der Waals surface area (Å²) in [7, 11) is 1.50. The lowest BCUT2D eigenvalue weighted by Crippen LogP contribution is -2.41. The third-order valence-electron chi connectivity index (χ3n) is 5.97. The van der Waals surface area contributed by atoms with E-state index in [1.807, 2.05) is 0 Å². The molecule has 0 bridgehead atoms. The second-order valence-corrected chi connectivity index (χ2v) is 8.97. The second kappa shape index (κ2) is 11.6. The van der Waals surface area contributed by atoms with E-state index in [-0.39, 0.29) is 23.4 Å². The van der Waals surface area contributed by atoms with Crippen LogP contribution in [0, 0.1) is 5.82 Å². The molecule has 0 unspecified atom stereocenters. The van der Waals surface area contributed by atoms with Crippen LogP contribution in [0.4, 0.5) is 27.5 Å². The molecule has 1 amide bonds. The number of halogens is 2. The molecule has 1 saturated heterocycles. The van der Waals surface area contributed by atoms with Gasteiger partial charge in [-0.15, -0.1) is 0 Å². The zero-order valence-electron chi connectivity index (χ0n) is 20.6. The van der Waals surface area contributed by atoms with E-state index in [1.165, 1.54) is 7.11 Å². The van der Waals surface area contributed by atoms with Crippen LogP contribution in [-0.4, -0.2) is 67.3 Å². The van der Waals surface area contributed by atoms with Gasteiger partial charge in [0.2, 0.25) is 5.95 Å². The minimum atomic E-state index is -0.626. The molecule has 5 rings (SSSR count). The van der Waals surface area contributed by atoms with Gasteiger partial charge >= 0.3 is 0 Å². The fraction of sp³-hybridized carbons (Fsp3) is 0.269. The predicted octanol–water partition coefficient (Wildman–Crippen LogP) is 4.57. The Balaban J connectivity index is 1.24. The molecule has 2 aromatic carbocycles. The number of anilines is 4. The average Bonchev–Trinajstić information content (AvgIpc) is 3.36. The second-order valence-electron chi connectivity index (χ2n) is 8.56. The number of ether oxygens (including phenoxy) is 2. The highest BCUT2D eigenvalue weighted by Crippen LogP contribution is 2.30. The summed E-state index contributed by atoms with van der Waals surface area (Å²) in [6.45, 7) is 4.43. The number of rotatable bonds is 9. The SMILES string of the molecule is COc1cc(Nc2nc(Nc3ccc4oc(C(=O)NCCN5CCOCC5)cc4c3)ncc2F)ccc1Cl. The number of amides is 1. The van der Waals surface area contributed by atoms with Crippen molar-refractivity contribution >= 4 is 51.6 Å². The number of furan rings is 1.